The highest BCUT2D eigenvalue weighted by atomic mass is 16.6. The second-order valence-corrected chi connectivity index (χ2v) is 5.61. The first kappa shape index (κ1) is 16.5. The van der Waals surface area contributed by atoms with E-state index in [0.29, 0.717) is 5.56 Å². The molecule has 1 aliphatic rings. The van der Waals surface area contributed by atoms with E-state index in [0.717, 1.165) is 45.4 Å². The third-order valence-corrected chi connectivity index (χ3v) is 4.10. The summed E-state index contributed by atoms with van der Waals surface area (Å²) in [5.41, 5.74) is 0.254. The van der Waals surface area contributed by atoms with Crippen molar-refractivity contribution in [3.05, 3.63) is 27.8 Å². The molecule has 1 aromatic rings. The van der Waals surface area contributed by atoms with Crippen molar-refractivity contribution >= 4 is 5.69 Å². The molecule has 122 valence electrons. The zero-order valence-electron chi connectivity index (χ0n) is 12.8. The molecule has 3 N–H and O–H groups in total. The molecule has 22 heavy (non-hydrogen) atoms. The maximum atomic E-state index is 11.0. The summed E-state index contributed by atoms with van der Waals surface area (Å²) in [7, 11) is 0. The van der Waals surface area contributed by atoms with Crippen LogP contribution in [0.3, 0.4) is 0 Å². The fourth-order valence-electron chi connectivity index (χ4n) is 2.91. The zero-order valence-corrected chi connectivity index (χ0v) is 12.8. The molecule has 1 aromatic carbocycles. The second-order valence-electron chi connectivity index (χ2n) is 5.61. The van der Waals surface area contributed by atoms with E-state index >= 15 is 0 Å². The van der Waals surface area contributed by atoms with Gasteiger partial charge in [0, 0.05) is 38.3 Å². The Labute approximate surface area is 129 Å². The molecule has 1 heterocycles. The van der Waals surface area contributed by atoms with Gasteiger partial charge in [0.1, 0.15) is 0 Å². The van der Waals surface area contributed by atoms with Gasteiger partial charge in [-0.1, -0.05) is 19.8 Å². The smallest absolute Gasteiger partial charge is 0.314 e. The van der Waals surface area contributed by atoms with Crippen molar-refractivity contribution in [2.24, 2.45) is 0 Å². The molecule has 0 spiro atoms. The maximum absolute atomic E-state index is 11.0. The number of hydrogen-bond donors (Lipinski definition) is 3. The van der Waals surface area contributed by atoms with Crippen LogP contribution < -0.4 is 5.32 Å². The molecule has 0 amide bonds. The van der Waals surface area contributed by atoms with Crippen molar-refractivity contribution in [3.8, 4) is 11.5 Å². The Hall–Kier alpha value is -1.86. The fraction of sp³-hybridized carbons (Fsp3) is 0.600. The number of rotatable bonds is 6. The number of piperazine rings is 1. The maximum Gasteiger partial charge on any atom is 0.314 e. The summed E-state index contributed by atoms with van der Waals surface area (Å²) in [6.45, 7) is 5.60. The van der Waals surface area contributed by atoms with E-state index in [2.05, 4.69) is 17.1 Å². The van der Waals surface area contributed by atoms with Gasteiger partial charge in [-0.3, -0.25) is 15.0 Å². The number of nitro benzene ring substituents is 1. The van der Waals surface area contributed by atoms with Gasteiger partial charge in [0.05, 0.1) is 4.92 Å². The minimum absolute atomic E-state index is 0.0206. The molecule has 0 saturated carbocycles. The lowest BCUT2D eigenvalue weighted by Gasteiger charge is -2.35. The van der Waals surface area contributed by atoms with Crippen molar-refractivity contribution in [2.75, 3.05) is 26.2 Å². The van der Waals surface area contributed by atoms with Crippen LogP contribution in [0.15, 0.2) is 12.1 Å². The summed E-state index contributed by atoms with van der Waals surface area (Å²) in [5.74, 6) is -1.09. The van der Waals surface area contributed by atoms with E-state index in [4.69, 9.17) is 0 Å². The van der Waals surface area contributed by atoms with E-state index in [1.54, 1.807) is 0 Å². The van der Waals surface area contributed by atoms with Crippen LogP contribution in [0.2, 0.25) is 0 Å². The lowest BCUT2D eigenvalue weighted by atomic mass is 9.97. The van der Waals surface area contributed by atoms with Crippen molar-refractivity contribution in [3.63, 3.8) is 0 Å². The molecular weight excluding hydrogens is 286 g/mol. The van der Waals surface area contributed by atoms with Gasteiger partial charge in [-0.25, -0.2) is 0 Å². The third kappa shape index (κ3) is 3.66. The third-order valence-electron chi connectivity index (χ3n) is 4.10. The highest BCUT2D eigenvalue weighted by Gasteiger charge is 2.26. The van der Waals surface area contributed by atoms with Gasteiger partial charge < -0.3 is 15.5 Å². The zero-order chi connectivity index (χ0) is 16.1. The standard InChI is InChI=1S/C15H23N3O4/c1-2-3-4-12(17-7-5-16-6-8-17)11-9-13(18(21)22)15(20)14(19)10-11/h9-10,12,16,19-20H,2-8H2,1H3/t12-/m0/s1. The van der Waals surface area contributed by atoms with Crippen LogP contribution in [0.1, 0.15) is 37.8 Å². The SMILES string of the molecule is CCCC[C@@H](c1cc(O)c(O)c([N+](=O)[O-])c1)N1CCNCC1. The quantitative estimate of drug-likeness (QED) is 0.423. The number of nitrogens with one attached hydrogen (secondary N) is 1. The Bertz CT molecular complexity index is 530. The summed E-state index contributed by atoms with van der Waals surface area (Å²) < 4.78 is 0. The van der Waals surface area contributed by atoms with E-state index in [1.165, 1.54) is 12.1 Å². The van der Waals surface area contributed by atoms with Crippen LogP contribution in [0.5, 0.6) is 11.5 Å². The lowest BCUT2D eigenvalue weighted by Crippen LogP contribution is -2.45. The molecule has 0 radical (unpaired) electrons. The number of phenolic OH excluding ortho intramolecular Hbond substituents is 2. The fourth-order valence-corrected chi connectivity index (χ4v) is 2.91. The minimum Gasteiger partial charge on any atom is -0.504 e. The lowest BCUT2D eigenvalue weighted by molar-refractivity contribution is -0.386. The number of unbranched alkanes of at least 4 members (excludes halogenated alkanes) is 1. The second kappa shape index (κ2) is 7.42. The Morgan fingerprint density at radius 3 is 2.64 bits per heavy atom. The molecule has 1 fully saturated rings. The summed E-state index contributed by atoms with van der Waals surface area (Å²) in [6, 6.07) is 2.86. The number of benzene rings is 1. The molecule has 1 saturated heterocycles. The first-order valence-electron chi connectivity index (χ1n) is 7.69. The van der Waals surface area contributed by atoms with E-state index < -0.39 is 22.1 Å². The highest BCUT2D eigenvalue weighted by molar-refractivity contribution is 5.57. The highest BCUT2D eigenvalue weighted by Crippen LogP contribution is 2.40. The number of nitro groups is 1. The minimum atomic E-state index is -0.664. The summed E-state index contributed by atoms with van der Waals surface area (Å²) in [6.07, 6.45) is 2.91. The number of phenols is 2. The molecular formula is C15H23N3O4. The first-order chi connectivity index (χ1) is 10.5. The monoisotopic (exact) mass is 309 g/mol. The van der Waals surface area contributed by atoms with Crippen LogP contribution in [-0.4, -0.2) is 46.2 Å². The van der Waals surface area contributed by atoms with Gasteiger partial charge in [-0.2, -0.15) is 0 Å². The van der Waals surface area contributed by atoms with Gasteiger partial charge in [-0.15, -0.1) is 0 Å². The van der Waals surface area contributed by atoms with Gasteiger partial charge in [0.2, 0.25) is 5.75 Å². The molecule has 2 rings (SSSR count). The van der Waals surface area contributed by atoms with Crippen molar-refractivity contribution in [1.29, 1.82) is 0 Å². The van der Waals surface area contributed by atoms with E-state index in [1.807, 2.05) is 0 Å². The Balaban J connectivity index is 2.35. The van der Waals surface area contributed by atoms with Crippen LogP contribution in [-0.2, 0) is 0 Å². The Kier molecular flexibility index (Phi) is 5.57. The van der Waals surface area contributed by atoms with E-state index in [-0.39, 0.29) is 6.04 Å². The van der Waals surface area contributed by atoms with E-state index in [9.17, 15) is 20.3 Å². The Morgan fingerprint density at radius 1 is 1.36 bits per heavy atom. The molecule has 0 unspecified atom stereocenters. The average molecular weight is 309 g/mol. The van der Waals surface area contributed by atoms with Crippen LogP contribution in [0.25, 0.3) is 0 Å². The van der Waals surface area contributed by atoms with Gasteiger partial charge in [-0.05, 0) is 18.1 Å². The van der Waals surface area contributed by atoms with Crippen LogP contribution in [0, 0.1) is 10.1 Å². The van der Waals surface area contributed by atoms with Gasteiger partial charge in [0.25, 0.3) is 0 Å². The van der Waals surface area contributed by atoms with Gasteiger partial charge >= 0.3 is 5.69 Å². The largest absolute Gasteiger partial charge is 0.504 e. The Morgan fingerprint density at radius 2 is 2.05 bits per heavy atom. The molecule has 0 aromatic heterocycles. The molecule has 0 aliphatic carbocycles. The predicted octanol–water partition coefficient (Wildman–Crippen LogP) is 2.14. The summed E-state index contributed by atoms with van der Waals surface area (Å²) in [4.78, 5) is 12.7. The molecule has 7 heteroatoms. The summed E-state index contributed by atoms with van der Waals surface area (Å²) in [5, 5.41) is 33.8. The van der Waals surface area contributed by atoms with Crippen LogP contribution >= 0.6 is 0 Å². The molecule has 0 bridgehead atoms. The van der Waals surface area contributed by atoms with Crippen molar-refractivity contribution < 1.29 is 15.1 Å². The van der Waals surface area contributed by atoms with Crippen LogP contribution in [0.4, 0.5) is 5.69 Å². The predicted molar refractivity (Wildman–Crippen MR) is 83.1 cm³/mol. The first-order valence-corrected chi connectivity index (χ1v) is 7.69. The van der Waals surface area contributed by atoms with Crippen molar-refractivity contribution in [2.45, 2.75) is 32.2 Å². The van der Waals surface area contributed by atoms with Gasteiger partial charge in [0.15, 0.2) is 5.75 Å². The summed E-state index contributed by atoms with van der Waals surface area (Å²) >= 11 is 0. The number of hydrogen-bond acceptors (Lipinski definition) is 6. The molecule has 1 atom stereocenters. The normalized spacial score (nSPS) is 17.3. The van der Waals surface area contributed by atoms with Crippen molar-refractivity contribution in [1.82, 2.24) is 10.2 Å². The number of nitrogens with zero attached hydrogens (tertiary/aromatic N) is 2. The topological polar surface area (TPSA) is 98.9 Å². The number of aromatic hydroxyl groups is 2. The molecule has 1 aliphatic heterocycles. The molecule has 7 nitrogen and oxygen atoms in total. The average Bonchev–Trinajstić information content (AvgIpc) is 2.51.